The fourth-order valence-electron chi connectivity index (χ4n) is 5.06. The van der Waals surface area contributed by atoms with E-state index < -0.39 is 29.6 Å². The van der Waals surface area contributed by atoms with E-state index in [0.29, 0.717) is 17.4 Å². The van der Waals surface area contributed by atoms with Crippen LogP contribution in [-0.2, 0) is 5.92 Å². The third kappa shape index (κ3) is 6.54. The summed E-state index contributed by atoms with van der Waals surface area (Å²) in [5.41, 5.74) is -0.139. The summed E-state index contributed by atoms with van der Waals surface area (Å²) < 4.78 is 42.3. The van der Waals surface area contributed by atoms with Crippen molar-refractivity contribution in [2.75, 3.05) is 42.9 Å². The molecule has 0 unspecified atom stereocenters. The summed E-state index contributed by atoms with van der Waals surface area (Å²) in [5.74, 6) is -3.36. The van der Waals surface area contributed by atoms with Crippen molar-refractivity contribution in [2.45, 2.75) is 57.8 Å². The van der Waals surface area contributed by atoms with Crippen LogP contribution in [-0.4, -0.2) is 48.5 Å². The molecule has 0 saturated carbocycles. The topological polar surface area (TPSA) is 48.5 Å². The summed E-state index contributed by atoms with van der Waals surface area (Å²) in [5, 5.41) is 2.77. The number of piperidine rings is 2. The van der Waals surface area contributed by atoms with Crippen molar-refractivity contribution >= 4 is 17.4 Å². The van der Waals surface area contributed by atoms with Gasteiger partial charge in [-0.25, -0.2) is 18.2 Å². The van der Waals surface area contributed by atoms with Crippen LogP contribution in [0.1, 0.15) is 67.8 Å². The maximum Gasteiger partial charge on any atom is 0.273 e. The zero-order valence-electron chi connectivity index (χ0n) is 20.4. The van der Waals surface area contributed by atoms with Crippen molar-refractivity contribution in [2.24, 2.45) is 5.92 Å². The second kappa shape index (κ2) is 11.4. The van der Waals surface area contributed by atoms with Gasteiger partial charge in [0.15, 0.2) is 5.82 Å². The largest absolute Gasteiger partial charge is 0.355 e. The van der Waals surface area contributed by atoms with Crippen LogP contribution in [0.5, 0.6) is 0 Å². The molecule has 0 atom stereocenters. The quantitative estimate of drug-likeness (QED) is 0.490. The number of hydrogen-bond acceptors (Lipinski definition) is 4. The van der Waals surface area contributed by atoms with E-state index in [-0.39, 0.29) is 5.56 Å². The highest BCUT2D eigenvalue weighted by Gasteiger charge is 2.31. The van der Waals surface area contributed by atoms with Gasteiger partial charge in [0.1, 0.15) is 5.82 Å². The number of nitrogens with zero attached hydrogens (tertiary/aromatic N) is 3. The van der Waals surface area contributed by atoms with Crippen molar-refractivity contribution in [1.29, 1.82) is 0 Å². The number of rotatable bonds is 8. The number of nitrogens with one attached hydrogen (secondary N) is 1. The summed E-state index contributed by atoms with van der Waals surface area (Å²) >= 11 is 0. The highest BCUT2D eigenvalue weighted by atomic mass is 19.3. The molecule has 190 valence electrons. The predicted octanol–water partition coefficient (Wildman–Crippen LogP) is 6.07. The summed E-state index contributed by atoms with van der Waals surface area (Å²) in [4.78, 5) is 22.1. The molecule has 35 heavy (non-hydrogen) atoms. The van der Waals surface area contributed by atoms with E-state index in [2.05, 4.69) is 20.1 Å². The summed E-state index contributed by atoms with van der Waals surface area (Å²) in [6.45, 7) is 6.62. The van der Waals surface area contributed by atoms with E-state index in [4.69, 9.17) is 0 Å². The van der Waals surface area contributed by atoms with E-state index in [1.165, 1.54) is 52.2 Å². The SMILES string of the molecule is CCC(F)(F)c1cc(F)cc(C(=O)Nc2cccnc2N2CCC(CCN3CCCCC3)CC2)c1. The first-order chi connectivity index (χ1) is 16.9. The van der Waals surface area contributed by atoms with Gasteiger partial charge in [0.25, 0.3) is 11.8 Å². The predicted molar refractivity (Wildman–Crippen MR) is 133 cm³/mol. The molecule has 1 aromatic heterocycles. The fourth-order valence-corrected chi connectivity index (χ4v) is 5.06. The van der Waals surface area contributed by atoms with Gasteiger partial charge in [-0.1, -0.05) is 13.3 Å². The molecule has 2 aromatic rings. The Labute approximate surface area is 205 Å². The van der Waals surface area contributed by atoms with Crippen molar-refractivity contribution in [3.05, 3.63) is 53.5 Å². The first-order valence-corrected chi connectivity index (χ1v) is 12.8. The van der Waals surface area contributed by atoms with Gasteiger partial charge in [0, 0.05) is 36.8 Å². The number of carbonyl (C=O) groups is 1. The Kier molecular flexibility index (Phi) is 8.31. The molecule has 2 saturated heterocycles. The smallest absolute Gasteiger partial charge is 0.273 e. The van der Waals surface area contributed by atoms with Crippen molar-refractivity contribution in [1.82, 2.24) is 9.88 Å². The third-order valence-corrected chi connectivity index (χ3v) is 7.28. The van der Waals surface area contributed by atoms with Crippen LogP contribution in [0.3, 0.4) is 0 Å². The van der Waals surface area contributed by atoms with Crippen LogP contribution in [0.25, 0.3) is 0 Å². The molecular weight excluding hydrogens is 453 g/mol. The first kappa shape index (κ1) is 25.5. The van der Waals surface area contributed by atoms with Gasteiger partial charge in [0.2, 0.25) is 0 Å². The van der Waals surface area contributed by atoms with Gasteiger partial charge in [-0.15, -0.1) is 0 Å². The third-order valence-electron chi connectivity index (χ3n) is 7.28. The average Bonchev–Trinajstić information content (AvgIpc) is 2.88. The minimum Gasteiger partial charge on any atom is -0.355 e. The Balaban J connectivity index is 1.39. The lowest BCUT2D eigenvalue weighted by Crippen LogP contribution is -2.37. The number of hydrogen-bond donors (Lipinski definition) is 1. The molecule has 1 amide bonds. The standard InChI is InChI=1S/C27H35F3N4O/c1-2-27(29,30)22-17-21(18-23(28)19-22)26(35)32-24-7-6-11-31-25(24)34-15-9-20(10-16-34)8-14-33-12-4-3-5-13-33/h6-7,11,17-20H,2-5,8-10,12-16H2,1H3,(H,32,35). The number of amides is 1. The zero-order chi connectivity index (χ0) is 24.8. The molecule has 0 bridgehead atoms. The number of carbonyl (C=O) groups excluding carboxylic acids is 1. The molecule has 2 aliphatic heterocycles. The minimum atomic E-state index is -3.20. The highest BCUT2D eigenvalue weighted by Crippen LogP contribution is 2.33. The van der Waals surface area contributed by atoms with Crippen LogP contribution >= 0.6 is 0 Å². The van der Waals surface area contributed by atoms with E-state index >= 15 is 0 Å². The van der Waals surface area contributed by atoms with Crippen molar-refractivity contribution < 1.29 is 18.0 Å². The number of anilines is 2. The second-order valence-electron chi connectivity index (χ2n) is 9.74. The Morgan fingerprint density at radius 1 is 1.11 bits per heavy atom. The number of alkyl halides is 2. The molecule has 0 aliphatic carbocycles. The van der Waals surface area contributed by atoms with Crippen LogP contribution in [0.2, 0.25) is 0 Å². The van der Waals surface area contributed by atoms with Gasteiger partial charge in [0.05, 0.1) is 5.69 Å². The van der Waals surface area contributed by atoms with Crippen LogP contribution in [0.4, 0.5) is 24.7 Å². The Morgan fingerprint density at radius 2 is 1.86 bits per heavy atom. The molecular formula is C27H35F3N4O. The Hall–Kier alpha value is -2.61. The Bertz CT molecular complexity index is 1000. The molecule has 1 aromatic carbocycles. The van der Waals surface area contributed by atoms with Gasteiger partial charge < -0.3 is 15.1 Å². The highest BCUT2D eigenvalue weighted by molar-refractivity contribution is 6.05. The maximum absolute atomic E-state index is 14.1. The van der Waals surface area contributed by atoms with Gasteiger partial charge in [-0.2, -0.15) is 0 Å². The molecule has 3 heterocycles. The van der Waals surface area contributed by atoms with Crippen LogP contribution < -0.4 is 10.2 Å². The number of pyridine rings is 1. The normalized spacial score (nSPS) is 18.0. The first-order valence-electron chi connectivity index (χ1n) is 12.8. The molecule has 5 nitrogen and oxygen atoms in total. The van der Waals surface area contributed by atoms with Gasteiger partial charge >= 0.3 is 0 Å². The second-order valence-corrected chi connectivity index (χ2v) is 9.74. The monoisotopic (exact) mass is 488 g/mol. The van der Waals surface area contributed by atoms with E-state index in [9.17, 15) is 18.0 Å². The van der Waals surface area contributed by atoms with Crippen molar-refractivity contribution in [3.63, 3.8) is 0 Å². The molecule has 2 fully saturated rings. The molecule has 1 N–H and O–H groups in total. The molecule has 0 radical (unpaired) electrons. The number of benzene rings is 1. The Morgan fingerprint density at radius 3 is 2.57 bits per heavy atom. The van der Waals surface area contributed by atoms with Crippen molar-refractivity contribution in [3.8, 4) is 0 Å². The number of likely N-dealkylation sites (tertiary alicyclic amines) is 1. The summed E-state index contributed by atoms with van der Waals surface area (Å²) in [6, 6.07) is 6.28. The molecule has 0 spiro atoms. The summed E-state index contributed by atoms with van der Waals surface area (Å²) in [7, 11) is 0. The van der Waals surface area contributed by atoms with Crippen LogP contribution in [0, 0.1) is 11.7 Å². The average molecular weight is 489 g/mol. The van der Waals surface area contributed by atoms with Gasteiger partial charge in [-0.3, -0.25) is 4.79 Å². The maximum atomic E-state index is 14.1. The molecule has 8 heteroatoms. The van der Waals surface area contributed by atoms with E-state index in [1.807, 2.05) is 0 Å². The lowest BCUT2D eigenvalue weighted by Gasteiger charge is -2.35. The lowest BCUT2D eigenvalue weighted by molar-refractivity contribution is -0.00860. The van der Waals surface area contributed by atoms with Crippen LogP contribution in [0.15, 0.2) is 36.5 Å². The number of halogens is 3. The zero-order valence-corrected chi connectivity index (χ0v) is 20.4. The fraction of sp³-hybridized carbons (Fsp3) is 0.556. The van der Waals surface area contributed by atoms with E-state index in [1.54, 1.807) is 18.3 Å². The van der Waals surface area contributed by atoms with E-state index in [0.717, 1.165) is 44.1 Å². The molecule has 2 aliphatic rings. The number of aromatic nitrogens is 1. The molecule has 4 rings (SSSR count). The van der Waals surface area contributed by atoms with Gasteiger partial charge in [-0.05, 0) is 88.0 Å². The lowest BCUT2D eigenvalue weighted by atomic mass is 9.93. The summed E-state index contributed by atoms with van der Waals surface area (Å²) in [6.07, 6.45) is 8.52. The minimum absolute atomic E-state index is 0.139.